The molecule has 15 heavy (non-hydrogen) atoms. The number of imidazole rings is 1. The number of carbonyl (C=O) groups excluding carboxylic acids is 1. The number of aromatic carboxylic acids is 1. The van der Waals surface area contributed by atoms with Crippen LogP contribution in [0.1, 0.15) is 33.8 Å². The molecule has 1 saturated carbocycles. The maximum Gasteiger partial charge on any atom is 0.354 e. The first-order chi connectivity index (χ1) is 7.18. The van der Waals surface area contributed by atoms with Crippen LogP contribution in [0.5, 0.6) is 0 Å². The van der Waals surface area contributed by atoms with Crippen molar-refractivity contribution in [3.05, 3.63) is 17.7 Å². The Kier molecular flexibility index (Phi) is 2.40. The van der Waals surface area contributed by atoms with E-state index in [1.165, 1.54) is 6.33 Å². The zero-order valence-corrected chi connectivity index (χ0v) is 7.99. The Hall–Kier alpha value is -1.85. The number of hydrogen-bond acceptors (Lipinski definition) is 3. The van der Waals surface area contributed by atoms with E-state index < -0.39 is 11.9 Å². The quantitative estimate of drug-likeness (QED) is 0.662. The minimum atomic E-state index is -1.18. The van der Waals surface area contributed by atoms with Gasteiger partial charge in [0, 0.05) is 6.54 Å². The third-order valence-corrected chi connectivity index (χ3v) is 2.32. The number of aromatic amines is 1. The molecule has 1 heterocycles. The number of carboxylic acid groups (broad SMARTS) is 1. The van der Waals surface area contributed by atoms with Gasteiger partial charge in [-0.1, -0.05) is 0 Å². The Bertz CT molecular complexity index is 395. The third kappa shape index (κ3) is 2.15. The van der Waals surface area contributed by atoms with Crippen LogP contribution in [-0.4, -0.2) is 33.5 Å². The number of rotatable bonds is 4. The van der Waals surface area contributed by atoms with Crippen LogP contribution in [-0.2, 0) is 0 Å². The molecular formula is C9H11N3O3. The minimum Gasteiger partial charge on any atom is -0.477 e. The summed E-state index contributed by atoms with van der Waals surface area (Å²) in [6, 6.07) is 0. The van der Waals surface area contributed by atoms with Crippen molar-refractivity contribution in [3.63, 3.8) is 0 Å². The fraction of sp³-hybridized carbons (Fsp3) is 0.444. The fourth-order valence-electron chi connectivity index (χ4n) is 1.27. The van der Waals surface area contributed by atoms with Crippen LogP contribution >= 0.6 is 0 Å². The first kappa shape index (κ1) is 9.70. The molecule has 0 unspecified atom stereocenters. The largest absolute Gasteiger partial charge is 0.477 e. The molecule has 1 aliphatic rings. The molecule has 80 valence electrons. The average molecular weight is 209 g/mol. The highest BCUT2D eigenvalue weighted by Crippen LogP contribution is 2.27. The lowest BCUT2D eigenvalue weighted by Crippen LogP contribution is -2.27. The number of nitrogens with zero attached hydrogens (tertiary/aromatic N) is 1. The zero-order valence-electron chi connectivity index (χ0n) is 7.99. The van der Waals surface area contributed by atoms with E-state index in [1.54, 1.807) is 0 Å². The van der Waals surface area contributed by atoms with E-state index in [0.29, 0.717) is 12.5 Å². The van der Waals surface area contributed by atoms with E-state index >= 15 is 0 Å². The molecule has 0 atom stereocenters. The maximum absolute atomic E-state index is 11.5. The molecule has 0 saturated heterocycles. The van der Waals surface area contributed by atoms with Crippen LogP contribution < -0.4 is 5.32 Å². The van der Waals surface area contributed by atoms with Crippen LogP contribution in [0.25, 0.3) is 0 Å². The van der Waals surface area contributed by atoms with Crippen molar-refractivity contribution in [1.29, 1.82) is 0 Å². The predicted molar refractivity (Wildman–Crippen MR) is 50.6 cm³/mol. The average Bonchev–Trinajstić information content (AvgIpc) is 2.88. The number of carboxylic acids is 1. The molecule has 1 aliphatic carbocycles. The lowest BCUT2D eigenvalue weighted by Gasteiger charge is -2.01. The number of nitrogens with one attached hydrogen (secondary N) is 2. The molecule has 1 amide bonds. The highest BCUT2D eigenvalue weighted by molar-refractivity contribution is 6.02. The number of carbonyl (C=O) groups is 2. The molecule has 1 aromatic heterocycles. The summed E-state index contributed by atoms with van der Waals surface area (Å²) in [6.07, 6.45) is 3.47. The van der Waals surface area contributed by atoms with Crippen LogP contribution in [0.2, 0.25) is 0 Å². The predicted octanol–water partition coefficient (Wildman–Crippen LogP) is 0.248. The summed E-state index contributed by atoms with van der Waals surface area (Å²) in [7, 11) is 0. The molecule has 6 nitrogen and oxygen atoms in total. The van der Waals surface area contributed by atoms with Gasteiger partial charge in [0.1, 0.15) is 0 Å². The highest BCUT2D eigenvalue weighted by Gasteiger charge is 2.24. The van der Waals surface area contributed by atoms with E-state index in [4.69, 9.17) is 5.11 Å². The van der Waals surface area contributed by atoms with E-state index in [0.717, 1.165) is 12.8 Å². The van der Waals surface area contributed by atoms with Gasteiger partial charge in [-0.2, -0.15) is 0 Å². The van der Waals surface area contributed by atoms with E-state index in [2.05, 4.69) is 15.3 Å². The van der Waals surface area contributed by atoms with Crippen LogP contribution in [0, 0.1) is 5.92 Å². The van der Waals surface area contributed by atoms with Gasteiger partial charge in [-0.05, 0) is 18.8 Å². The first-order valence-corrected chi connectivity index (χ1v) is 4.73. The van der Waals surface area contributed by atoms with E-state index in [9.17, 15) is 9.59 Å². The van der Waals surface area contributed by atoms with Gasteiger partial charge in [0.25, 0.3) is 5.91 Å². The normalized spacial score (nSPS) is 14.9. The number of aromatic nitrogens is 2. The van der Waals surface area contributed by atoms with E-state index in [1.807, 2.05) is 0 Å². The van der Waals surface area contributed by atoms with Crippen molar-refractivity contribution in [3.8, 4) is 0 Å². The standard InChI is InChI=1S/C9H11N3O3/c13-8(10-3-5-1-2-5)6-7(9(14)15)12-4-11-6/h4-5H,1-3H2,(H,10,13)(H,11,12)(H,14,15). The van der Waals surface area contributed by atoms with Gasteiger partial charge in [-0.25, -0.2) is 9.78 Å². The Balaban J connectivity index is 2.03. The highest BCUT2D eigenvalue weighted by atomic mass is 16.4. The van der Waals surface area contributed by atoms with E-state index in [-0.39, 0.29) is 11.4 Å². The third-order valence-electron chi connectivity index (χ3n) is 2.32. The van der Waals surface area contributed by atoms with Gasteiger partial charge in [-0.3, -0.25) is 4.79 Å². The summed E-state index contributed by atoms with van der Waals surface area (Å²) in [5, 5.41) is 11.4. The van der Waals surface area contributed by atoms with Gasteiger partial charge in [0.2, 0.25) is 0 Å². The monoisotopic (exact) mass is 209 g/mol. The first-order valence-electron chi connectivity index (χ1n) is 4.73. The minimum absolute atomic E-state index is 0.0526. The number of hydrogen-bond donors (Lipinski definition) is 3. The maximum atomic E-state index is 11.5. The molecule has 0 spiro atoms. The summed E-state index contributed by atoms with van der Waals surface area (Å²) in [4.78, 5) is 28.3. The van der Waals surface area contributed by atoms with Crippen molar-refractivity contribution in [2.45, 2.75) is 12.8 Å². The molecule has 0 radical (unpaired) electrons. The number of amides is 1. The molecule has 0 bridgehead atoms. The Morgan fingerprint density at radius 2 is 2.33 bits per heavy atom. The van der Waals surface area contributed by atoms with Gasteiger partial charge in [0.15, 0.2) is 11.4 Å². The molecule has 0 aliphatic heterocycles. The summed E-state index contributed by atoms with van der Waals surface area (Å²) < 4.78 is 0. The summed E-state index contributed by atoms with van der Waals surface area (Å²) in [6.45, 7) is 0.602. The van der Waals surface area contributed by atoms with Crippen molar-refractivity contribution >= 4 is 11.9 Å². The SMILES string of the molecule is O=C(NCC1CC1)c1nc[nH]c1C(=O)O. The van der Waals surface area contributed by atoms with Crippen molar-refractivity contribution < 1.29 is 14.7 Å². The fourth-order valence-corrected chi connectivity index (χ4v) is 1.27. The Morgan fingerprint density at radius 3 is 2.93 bits per heavy atom. The van der Waals surface area contributed by atoms with Crippen molar-refractivity contribution in [2.75, 3.05) is 6.54 Å². The molecular weight excluding hydrogens is 198 g/mol. The van der Waals surface area contributed by atoms with Crippen LogP contribution in [0.3, 0.4) is 0 Å². The molecule has 0 aromatic carbocycles. The van der Waals surface area contributed by atoms with Gasteiger partial charge < -0.3 is 15.4 Å². The van der Waals surface area contributed by atoms with Gasteiger partial charge in [0.05, 0.1) is 6.33 Å². The Morgan fingerprint density at radius 1 is 1.60 bits per heavy atom. The summed E-state index contributed by atoms with van der Waals surface area (Å²) in [5.74, 6) is -1.05. The second-order valence-corrected chi connectivity index (χ2v) is 3.58. The van der Waals surface area contributed by atoms with Crippen LogP contribution in [0.4, 0.5) is 0 Å². The number of H-pyrrole nitrogens is 1. The molecule has 1 aromatic rings. The molecule has 3 N–H and O–H groups in total. The summed E-state index contributed by atoms with van der Waals surface area (Å²) >= 11 is 0. The smallest absolute Gasteiger partial charge is 0.354 e. The second kappa shape index (κ2) is 3.72. The topological polar surface area (TPSA) is 95.1 Å². The van der Waals surface area contributed by atoms with Crippen molar-refractivity contribution in [1.82, 2.24) is 15.3 Å². The van der Waals surface area contributed by atoms with Gasteiger partial charge >= 0.3 is 5.97 Å². The molecule has 6 heteroatoms. The van der Waals surface area contributed by atoms with Gasteiger partial charge in [-0.15, -0.1) is 0 Å². The zero-order chi connectivity index (χ0) is 10.8. The molecule has 1 fully saturated rings. The molecule has 2 rings (SSSR count). The lowest BCUT2D eigenvalue weighted by molar-refractivity contribution is 0.0685. The van der Waals surface area contributed by atoms with Crippen molar-refractivity contribution in [2.24, 2.45) is 5.92 Å². The Labute approximate surface area is 85.7 Å². The second-order valence-electron chi connectivity index (χ2n) is 3.58. The van der Waals surface area contributed by atoms with Crippen LogP contribution in [0.15, 0.2) is 6.33 Å². The summed E-state index contributed by atoms with van der Waals surface area (Å²) in [5.41, 5.74) is -0.216. The lowest BCUT2D eigenvalue weighted by atomic mass is 10.3.